The summed E-state index contributed by atoms with van der Waals surface area (Å²) < 4.78 is 10.8. The van der Waals surface area contributed by atoms with Gasteiger partial charge in [-0.3, -0.25) is 9.59 Å². The van der Waals surface area contributed by atoms with Crippen LogP contribution >= 0.6 is 0 Å². The Morgan fingerprint density at radius 3 is 2.44 bits per heavy atom. The Balaban J connectivity index is 2.06. The van der Waals surface area contributed by atoms with Crippen LogP contribution in [0.5, 0.6) is 17.2 Å². The number of likely N-dealkylation sites (tertiary alicyclic amines) is 1. The van der Waals surface area contributed by atoms with Gasteiger partial charge >= 0.3 is 0 Å². The molecule has 1 aliphatic rings. The van der Waals surface area contributed by atoms with Gasteiger partial charge in [0.25, 0.3) is 11.7 Å². The smallest absolute Gasteiger partial charge is 0.295 e. The maximum atomic E-state index is 13.1. The van der Waals surface area contributed by atoms with Crippen LogP contribution in [0.25, 0.3) is 5.76 Å². The van der Waals surface area contributed by atoms with Crippen molar-refractivity contribution in [3.63, 3.8) is 0 Å². The summed E-state index contributed by atoms with van der Waals surface area (Å²) in [6, 6.07) is 10.6. The molecule has 0 spiro atoms. The summed E-state index contributed by atoms with van der Waals surface area (Å²) >= 11 is 0. The Kier molecular flexibility index (Phi) is 8.17. The summed E-state index contributed by atoms with van der Waals surface area (Å²) in [6.45, 7) is 3.65. The van der Waals surface area contributed by atoms with Crippen LogP contribution in [0.4, 0.5) is 0 Å². The number of carbonyl (C=O) groups excluding carboxylic acids is 2. The van der Waals surface area contributed by atoms with Gasteiger partial charge in [-0.1, -0.05) is 13.0 Å². The summed E-state index contributed by atoms with van der Waals surface area (Å²) in [4.78, 5) is 29.6. The molecule has 2 aromatic carbocycles. The van der Waals surface area contributed by atoms with Gasteiger partial charge in [-0.25, -0.2) is 0 Å². The lowest BCUT2D eigenvalue weighted by atomic mass is 9.95. The number of amides is 1. The number of carbonyl (C=O) groups is 2. The van der Waals surface area contributed by atoms with E-state index in [2.05, 4.69) is 0 Å². The largest absolute Gasteiger partial charge is 0.507 e. The SMILES string of the molecule is CCCOc1ccc(C(O)=C2C(=O)C(=O)N(CCCN(C)C)[C@H]2c2ccc(O)c(OC)c2)cc1. The zero-order valence-electron chi connectivity index (χ0n) is 20.1. The Hall–Kier alpha value is -3.52. The molecule has 182 valence electrons. The van der Waals surface area contributed by atoms with E-state index in [0.29, 0.717) is 36.4 Å². The van der Waals surface area contributed by atoms with Gasteiger partial charge < -0.3 is 29.5 Å². The standard InChI is InChI=1S/C26H32N2O6/c1-5-15-34-19-10-7-17(8-11-19)24(30)22-23(18-9-12-20(29)21(16-18)33-4)28(26(32)25(22)31)14-6-13-27(2)3/h7-12,16,23,29-30H,5-6,13-15H2,1-4H3/t23-/m0/s1. The van der Waals surface area contributed by atoms with Gasteiger partial charge in [-0.05, 0) is 75.4 Å². The van der Waals surface area contributed by atoms with Gasteiger partial charge in [0.05, 0.1) is 25.3 Å². The predicted molar refractivity (Wildman–Crippen MR) is 129 cm³/mol. The maximum absolute atomic E-state index is 13.1. The number of methoxy groups -OCH3 is 1. The molecule has 1 heterocycles. The van der Waals surface area contributed by atoms with Gasteiger partial charge in [-0.15, -0.1) is 0 Å². The first-order valence-corrected chi connectivity index (χ1v) is 11.3. The summed E-state index contributed by atoms with van der Waals surface area (Å²) in [5.74, 6) is -0.854. The number of aliphatic hydroxyl groups is 1. The van der Waals surface area contributed by atoms with E-state index >= 15 is 0 Å². The molecule has 8 heteroatoms. The minimum atomic E-state index is -0.812. The van der Waals surface area contributed by atoms with Gasteiger partial charge in [0.1, 0.15) is 11.5 Å². The van der Waals surface area contributed by atoms with E-state index < -0.39 is 17.7 Å². The molecule has 0 radical (unpaired) electrons. The highest BCUT2D eigenvalue weighted by atomic mass is 16.5. The van der Waals surface area contributed by atoms with Crippen molar-refractivity contribution in [2.24, 2.45) is 0 Å². The number of phenols is 1. The van der Waals surface area contributed by atoms with E-state index in [1.165, 1.54) is 18.1 Å². The topological polar surface area (TPSA) is 99.5 Å². The molecule has 3 rings (SSSR count). The molecule has 2 aromatic rings. The number of ketones is 1. The zero-order chi connectivity index (χ0) is 24.8. The molecule has 8 nitrogen and oxygen atoms in total. The van der Waals surface area contributed by atoms with Gasteiger partial charge in [-0.2, -0.15) is 0 Å². The van der Waals surface area contributed by atoms with Gasteiger partial charge in [0, 0.05) is 12.1 Å². The fourth-order valence-corrected chi connectivity index (χ4v) is 3.96. The molecule has 1 aliphatic heterocycles. The molecule has 1 atom stereocenters. The third kappa shape index (κ3) is 5.34. The number of rotatable bonds is 10. The minimum absolute atomic E-state index is 0.00447. The lowest BCUT2D eigenvalue weighted by Crippen LogP contribution is -2.32. The number of nitrogens with zero attached hydrogens (tertiary/aromatic N) is 2. The third-order valence-corrected chi connectivity index (χ3v) is 5.66. The number of phenolic OH excluding ortho intramolecular Hbond substituents is 1. The van der Waals surface area contributed by atoms with Crippen LogP contribution in [0.1, 0.15) is 36.9 Å². The molecule has 1 fully saturated rings. The lowest BCUT2D eigenvalue weighted by Gasteiger charge is -2.26. The average molecular weight is 469 g/mol. The van der Waals surface area contributed by atoms with Crippen LogP contribution in [0.3, 0.4) is 0 Å². The number of aliphatic hydroxyl groups excluding tert-OH is 1. The first-order chi connectivity index (χ1) is 16.3. The van der Waals surface area contributed by atoms with Crippen molar-refractivity contribution in [3.05, 3.63) is 59.2 Å². The lowest BCUT2D eigenvalue weighted by molar-refractivity contribution is -0.139. The van der Waals surface area contributed by atoms with Crippen LogP contribution in [-0.2, 0) is 9.59 Å². The molecule has 0 saturated carbocycles. The maximum Gasteiger partial charge on any atom is 0.295 e. The minimum Gasteiger partial charge on any atom is -0.507 e. The number of benzene rings is 2. The monoisotopic (exact) mass is 468 g/mol. The van der Waals surface area contributed by atoms with Crippen molar-refractivity contribution in [2.45, 2.75) is 25.8 Å². The molecule has 1 saturated heterocycles. The third-order valence-electron chi connectivity index (χ3n) is 5.66. The second kappa shape index (κ2) is 11.1. The Morgan fingerprint density at radius 2 is 1.82 bits per heavy atom. The van der Waals surface area contributed by atoms with E-state index in [1.54, 1.807) is 36.4 Å². The Bertz CT molecular complexity index is 1060. The molecule has 0 aromatic heterocycles. The number of Topliss-reactive ketones (excluding diaryl/α,β-unsaturated/α-hetero) is 1. The molecule has 0 aliphatic carbocycles. The molecule has 1 amide bonds. The van der Waals surface area contributed by atoms with Crippen molar-refractivity contribution in [1.29, 1.82) is 0 Å². The molecule has 2 N–H and O–H groups in total. The molecular formula is C26H32N2O6. The fraction of sp³-hybridized carbons (Fsp3) is 0.385. The van der Waals surface area contributed by atoms with Crippen LogP contribution in [0, 0.1) is 0 Å². The summed E-state index contributed by atoms with van der Waals surface area (Å²) in [5.41, 5.74) is 0.971. The number of hydrogen-bond acceptors (Lipinski definition) is 7. The Labute approximate surface area is 200 Å². The van der Waals surface area contributed by atoms with Crippen molar-refractivity contribution < 1.29 is 29.3 Å². The van der Waals surface area contributed by atoms with Crippen molar-refractivity contribution in [1.82, 2.24) is 9.80 Å². The summed E-state index contributed by atoms with van der Waals surface area (Å²) in [7, 11) is 5.30. The first-order valence-electron chi connectivity index (χ1n) is 11.3. The normalized spacial score (nSPS) is 17.4. The first kappa shape index (κ1) is 25.1. The van der Waals surface area contributed by atoms with Crippen LogP contribution in [0.15, 0.2) is 48.0 Å². The highest BCUT2D eigenvalue weighted by molar-refractivity contribution is 6.46. The quantitative estimate of drug-likeness (QED) is 0.312. The zero-order valence-corrected chi connectivity index (χ0v) is 20.1. The number of hydrogen-bond donors (Lipinski definition) is 2. The van der Waals surface area contributed by atoms with E-state index in [4.69, 9.17) is 9.47 Å². The highest BCUT2D eigenvalue weighted by Crippen LogP contribution is 2.41. The summed E-state index contributed by atoms with van der Waals surface area (Å²) in [6.07, 6.45) is 1.52. The highest BCUT2D eigenvalue weighted by Gasteiger charge is 2.46. The van der Waals surface area contributed by atoms with Crippen LogP contribution in [0.2, 0.25) is 0 Å². The van der Waals surface area contributed by atoms with Crippen LogP contribution < -0.4 is 9.47 Å². The van der Waals surface area contributed by atoms with E-state index in [-0.39, 0.29) is 22.8 Å². The van der Waals surface area contributed by atoms with E-state index in [9.17, 15) is 19.8 Å². The fourth-order valence-electron chi connectivity index (χ4n) is 3.96. The van der Waals surface area contributed by atoms with E-state index in [0.717, 1.165) is 13.0 Å². The average Bonchev–Trinajstić information content (AvgIpc) is 3.07. The second-order valence-corrected chi connectivity index (χ2v) is 8.45. The second-order valence-electron chi connectivity index (χ2n) is 8.45. The number of ether oxygens (including phenoxy) is 2. The van der Waals surface area contributed by atoms with Crippen molar-refractivity contribution in [2.75, 3.05) is 40.9 Å². The predicted octanol–water partition coefficient (Wildman–Crippen LogP) is 3.56. The molecule has 0 unspecified atom stereocenters. The Morgan fingerprint density at radius 1 is 1.12 bits per heavy atom. The van der Waals surface area contributed by atoms with Crippen molar-refractivity contribution in [3.8, 4) is 17.2 Å². The van der Waals surface area contributed by atoms with Crippen LogP contribution in [-0.4, -0.2) is 72.6 Å². The number of aromatic hydroxyl groups is 1. The van der Waals surface area contributed by atoms with Gasteiger partial charge in [0.2, 0.25) is 0 Å². The molecule has 0 bridgehead atoms. The molecule has 34 heavy (non-hydrogen) atoms. The van der Waals surface area contributed by atoms with Crippen molar-refractivity contribution >= 4 is 17.4 Å². The van der Waals surface area contributed by atoms with E-state index in [1.807, 2.05) is 25.9 Å². The molecular weight excluding hydrogens is 436 g/mol. The van der Waals surface area contributed by atoms with Gasteiger partial charge in [0.15, 0.2) is 11.5 Å². The summed E-state index contributed by atoms with van der Waals surface area (Å²) in [5, 5.41) is 21.2.